The van der Waals surface area contributed by atoms with E-state index in [4.69, 9.17) is 0 Å². The van der Waals surface area contributed by atoms with Crippen LogP contribution in [0.25, 0.3) is 0 Å². The van der Waals surface area contributed by atoms with E-state index in [-0.39, 0.29) is 5.91 Å². The molecular formula is C16H23NO3S2. The van der Waals surface area contributed by atoms with Crippen LogP contribution in [0.4, 0.5) is 0 Å². The first-order chi connectivity index (χ1) is 10.4. The van der Waals surface area contributed by atoms with Crippen molar-refractivity contribution in [2.45, 2.75) is 48.4 Å². The first kappa shape index (κ1) is 17.3. The summed E-state index contributed by atoms with van der Waals surface area (Å²) in [7, 11) is -3.16. The third-order valence-electron chi connectivity index (χ3n) is 4.08. The van der Waals surface area contributed by atoms with Crippen molar-refractivity contribution in [1.82, 2.24) is 5.32 Å². The Labute approximate surface area is 137 Å². The molecule has 0 saturated heterocycles. The van der Waals surface area contributed by atoms with Gasteiger partial charge in [0.1, 0.15) is 0 Å². The van der Waals surface area contributed by atoms with Crippen molar-refractivity contribution < 1.29 is 13.2 Å². The number of thioether (sulfide) groups is 1. The predicted molar refractivity (Wildman–Crippen MR) is 89.8 cm³/mol. The van der Waals surface area contributed by atoms with E-state index in [0.717, 1.165) is 11.3 Å². The summed E-state index contributed by atoms with van der Waals surface area (Å²) >= 11 is 1.43. The van der Waals surface area contributed by atoms with Crippen LogP contribution >= 0.6 is 11.8 Å². The highest BCUT2D eigenvalue weighted by molar-refractivity contribution is 8.00. The summed E-state index contributed by atoms with van der Waals surface area (Å²) in [5.41, 5.74) is 0. The summed E-state index contributed by atoms with van der Waals surface area (Å²) in [5.74, 6) is 0.967. The van der Waals surface area contributed by atoms with E-state index in [2.05, 4.69) is 12.2 Å². The summed E-state index contributed by atoms with van der Waals surface area (Å²) < 4.78 is 22.8. The molecule has 2 rings (SSSR count). The largest absolute Gasteiger partial charge is 0.352 e. The number of hydrogen-bond donors (Lipinski definition) is 1. The van der Waals surface area contributed by atoms with Gasteiger partial charge in [-0.05, 0) is 43.0 Å². The van der Waals surface area contributed by atoms with Gasteiger partial charge >= 0.3 is 0 Å². The molecule has 6 heteroatoms. The van der Waals surface area contributed by atoms with E-state index < -0.39 is 9.84 Å². The summed E-state index contributed by atoms with van der Waals surface area (Å²) in [6, 6.07) is 6.96. The maximum atomic E-state index is 12.0. The number of nitrogens with one attached hydrogen (secondary N) is 1. The summed E-state index contributed by atoms with van der Waals surface area (Å²) in [4.78, 5) is 13.2. The van der Waals surface area contributed by atoms with Crippen LogP contribution in [0.1, 0.15) is 32.6 Å². The second kappa shape index (κ2) is 7.51. The third kappa shape index (κ3) is 5.02. The molecule has 0 heterocycles. The van der Waals surface area contributed by atoms with E-state index in [0.29, 0.717) is 22.6 Å². The zero-order valence-corrected chi connectivity index (χ0v) is 14.7. The molecule has 1 aromatic rings. The molecular weight excluding hydrogens is 318 g/mol. The number of hydrogen-bond acceptors (Lipinski definition) is 4. The number of amides is 1. The highest BCUT2D eigenvalue weighted by atomic mass is 32.2. The first-order valence-corrected chi connectivity index (χ1v) is 10.5. The van der Waals surface area contributed by atoms with Gasteiger partial charge in [0.2, 0.25) is 5.91 Å². The highest BCUT2D eigenvalue weighted by Gasteiger charge is 2.22. The summed E-state index contributed by atoms with van der Waals surface area (Å²) in [5, 5.41) is 3.12. The molecule has 0 spiro atoms. The van der Waals surface area contributed by atoms with Crippen molar-refractivity contribution in [2.24, 2.45) is 5.92 Å². The lowest BCUT2D eigenvalue weighted by atomic mass is 9.86. The summed E-state index contributed by atoms with van der Waals surface area (Å²) in [6.45, 7) is 2.20. The minimum absolute atomic E-state index is 0.0518. The molecule has 0 aliphatic heterocycles. The van der Waals surface area contributed by atoms with Crippen LogP contribution in [-0.2, 0) is 14.6 Å². The minimum atomic E-state index is -3.16. The Morgan fingerprint density at radius 2 is 1.86 bits per heavy atom. The average molecular weight is 341 g/mol. The lowest BCUT2D eigenvalue weighted by Gasteiger charge is -2.29. The average Bonchev–Trinajstić information content (AvgIpc) is 2.47. The van der Waals surface area contributed by atoms with Crippen molar-refractivity contribution in [3.8, 4) is 0 Å². The maximum absolute atomic E-state index is 12.0. The van der Waals surface area contributed by atoms with Gasteiger partial charge in [-0.25, -0.2) is 8.42 Å². The Balaban J connectivity index is 1.83. The number of benzene rings is 1. The van der Waals surface area contributed by atoms with Gasteiger partial charge in [-0.2, -0.15) is 0 Å². The molecule has 1 amide bonds. The van der Waals surface area contributed by atoms with Gasteiger partial charge in [-0.15, -0.1) is 11.8 Å². The zero-order valence-electron chi connectivity index (χ0n) is 13.0. The second-order valence-corrected chi connectivity index (χ2v) is 9.03. The second-order valence-electron chi connectivity index (χ2n) is 5.97. The Hall–Kier alpha value is -1.01. The Kier molecular flexibility index (Phi) is 5.92. The molecule has 1 saturated carbocycles. The molecule has 1 aromatic carbocycles. The SMILES string of the molecule is C[C@@H]1CCCC[C@H]1NC(=O)CSc1ccc(S(C)(=O)=O)cc1. The summed E-state index contributed by atoms with van der Waals surface area (Å²) in [6.07, 6.45) is 5.89. The van der Waals surface area contributed by atoms with E-state index >= 15 is 0 Å². The molecule has 4 nitrogen and oxygen atoms in total. The molecule has 122 valence electrons. The maximum Gasteiger partial charge on any atom is 0.230 e. The third-order valence-corrected chi connectivity index (χ3v) is 6.22. The standard InChI is InChI=1S/C16H23NO3S2/c1-12-5-3-4-6-15(12)17-16(18)11-21-13-7-9-14(10-8-13)22(2,19)20/h7-10,12,15H,3-6,11H2,1-2H3,(H,17,18)/t12-,15-/m1/s1. The molecule has 1 N–H and O–H groups in total. The normalized spacial score (nSPS) is 22.3. The van der Waals surface area contributed by atoms with Crippen molar-refractivity contribution in [3.05, 3.63) is 24.3 Å². The molecule has 0 aromatic heterocycles. The molecule has 1 aliphatic carbocycles. The van der Waals surface area contributed by atoms with Crippen LogP contribution in [0.15, 0.2) is 34.1 Å². The molecule has 22 heavy (non-hydrogen) atoms. The molecule has 0 radical (unpaired) electrons. The topological polar surface area (TPSA) is 63.2 Å². The van der Waals surface area contributed by atoms with Crippen molar-refractivity contribution in [2.75, 3.05) is 12.0 Å². The van der Waals surface area contributed by atoms with Crippen LogP contribution in [-0.4, -0.2) is 32.4 Å². The van der Waals surface area contributed by atoms with Crippen molar-refractivity contribution >= 4 is 27.5 Å². The quantitative estimate of drug-likeness (QED) is 0.837. The van der Waals surface area contributed by atoms with Crippen molar-refractivity contribution in [1.29, 1.82) is 0 Å². The van der Waals surface area contributed by atoms with Crippen LogP contribution in [0, 0.1) is 5.92 Å². The smallest absolute Gasteiger partial charge is 0.230 e. The Bertz CT molecular complexity index is 611. The number of rotatable bonds is 5. The Morgan fingerprint density at radius 1 is 1.23 bits per heavy atom. The van der Waals surface area contributed by atoms with Crippen LogP contribution in [0.3, 0.4) is 0 Å². The van der Waals surface area contributed by atoms with Gasteiger partial charge < -0.3 is 5.32 Å². The van der Waals surface area contributed by atoms with Gasteiger partial charge in [-0.3, -0.25) is 4.79 Å². The molecule has 1 fully saturated rings. The van der Waals surface area contributed by atoms with E-state index in [1.54, 1.807) is 24.3 Å². The lowest BCUT2D eigenvalue weighted by molar-refractivity contribution is -0.119. The molecule has 1 aliphatic rings. The van der Waals surface area contributed by atoms with Gasteiger partial charge in [0, 0.05) is 17.2 Å². The van der Waals surface area contributed by atoms with Crippen molar-refractivity contribution in [3.63, 3.8) is 0 Å². The Morgan fingerprint density at radius 3 is 2.45 bits per heavy atom. The van der Waals surface area contributed by atoms with Crippen LogP contribution in [0.2, 0.25) is 0 Å². The van der Waals surface area contributed by atoms with Gasteiger partial charge in [-0.1, -0.05) is 19.8 Å². The van der Waals surface area contributed by atoms with E-state index in [1.165, 1.54) is 37.3 Å². The molecule has 0 unspecified atom stereocenters. The fraction of sp³-hybridized carbons (Fsp3) is 0.562. The monoisotopic (exact) mass is 341 g/mol. The number of carbonyl (C=O) groups excluding carboxylic acids is 1. The van der Waals surface area contributed by atoms with E-state index in [1.807, 2.05) is 0 Å². The van der Waals surface area contributed by atoms with Crippen LogP contribution < -0.4 is 5.32 Å². The minimum Gasteiger partial charge on any atom is -0.352 e. The van der Waals surface area contributed by atoms with Gasteiger partial charge in [0.25, 0.3) is 0 Å². The van der Waals surface area contributed by atoms with Gasteiger partial charge in [0.15, 0.2) is 9.84 Å². The number of carbonyl (C=O) groups is 1. The highest BCUT2D eigenvalue weighted by Crippen LogP contribution is 2.24. The number of sulfone groups is 1. The predicted octanol–water partition coefficient (Wildman–Crippen LogP) is 2.88. The van der Waals surface area contributed by atoms with Gasteiger partial charge in [0.05, 0.1) is 10.6 Å². The van der Waals surface area contributed by atoms with Crippen LogP contribution in [0.5, 0.6) is 0 Å². The molecule has 2 atom stereocenters. The first-order valence-electron chi connectivity index (χ1n) is 7.58. The lowest BCUT2D eigenvalue weighted by Crippen LogP contribution is -2.41. The molecule has 0 bridgehead atoms. The fourth-order valence-corrected chi connectivity index (χ4v) is 4.05. The van der Waals surface area contributed by atoms with E-state index in [9.17, 15) is 13.2 Å². The fourth-order valence-electron chi connectivity index (χ4n) is 2.71. The zero-order chi connectivity index (χ0) is 16.2.